The zero-order chi connectivity index (χ0) is 58.6. The molecule has 420 valence electrons. The highest BCUT2D eigenvalue weighted by Crippen LogP contribution is 2.58. The summed E-state index contributed by atoms with van der Waals surface area (Å²) in [4.78, 5) is 0. The Bertz CT molecular complexity index is 3410. The first kappa shape index (κ1) is 60.0. The number of ether oxygens (including phenoxy) is 2. The van der Waals surface area contributed by atoms with Gasteiger partial charge in [-0.1, -0.05) is 267 Å². The van der Waals surface area contributed by atoms with Gasteiger partial charge in [0.2, 0.25) is 0 Å². The predicted molar refractivity (Wildman–Crippen MR) is 349 cm³/mol. The molecule has 0 atom stereocenters. The van der Waals surface area contributed by atoms with Crippen molar-refractivity contribution in [2.45, 2.75) is 84.5 Å². The number of aryl methyl sites for hydroxylation is 4. The SMILES string of the molecule is C=CCOc1ccc(C2(c3ccc(OCC=C)cc3)c3ccccc3-c3ccccc32)cc1.CC.CCCc1ccc(CC)cc1.CCc1ccc(CC)cc1.Oc1ccc(C2(c3ccc(O)cc3)c3ccccc3-c3ccccc32)cc1. The van der Waals surface area contributed by atoms with Crippen LogP contribution in [0.3, 0.4) is 0 Å². The van der Waals surface area contributed by atoms with Gasteiger partial charge in [-0.25, -0.2) is 0 Å². The maximum Gasteiger partial charge on any atom is 0.119 e. The summed E-state index contributed by atoms with van der Waals surface area (Å²) in [5, 5.41) is 19.7. The van der Waals surface area contributed by atoms with Gasteiger partial charge in [-0.3, -0.25) is 0 Å². The number of hydrogen-bond acceptors (Lipinski definition) is 4. The van der Waals surface area contributed by atoms with E-state index in [1.807, 2.05) is 62.4 Å². The van der Waals surface area contributed by atoms with Gasteiger partial charge in [-0.15, -0.1) is 0 Å². The molecule has 83 heavy (non-hydrogen) atoms. The highest BCUT2D eigenvalue weighted by molar-refractivity contribution is 5.87. The summed E-state index contributed by atoms with van der Waals surface area (Å²) < 4.78 is 11.5. The van der Waals surface area contributed by atoms with Gasteiger partial charge in [0.15, 0.2) is 0 Å². The minimum Gasteiger partial charge on any atom is -0.508 e. The highest BCUT2D eigenvalue weighted by Gasteiger charge is 2.47. The molecule has 2 aliphatic carbocycles. The monoisotopic (exact) mass is 1090 g/mol. The molecular weight excluding hydrogens is 1010 g/mol. The third-order valence-corrected chi connectivity index (χ3v) is 15.6. The van der Waals surface area contributed by atoms with Crippen LogP contribution >= 0.6 is 0 Å². The second kappa shape index (κ2) is 29.0. The van der Waals surface area contributed by atoms with E-state index in [4.69, 9.17) is 9.47 Å². The fourth-order valence-electron chi connectivity index (χ4n) is 11.6. The van der Waals surface area contributed by atoms with E-state index >= 15 is 0 Å². The van der Waals surface area contributed by atoms with Crippen molar-refractivity contribution in [3.63, 3.8) is 0 Å². The molecule has 2 aliphatic rings. The molecule has 10 aromatic carbocycles. The zero-order valence-electron chi connectivity index (χ0n) is 49.3. The van der Waals surface area contributed by atoms with Crippen LogP contribution in [0.4, 0.5) is 0 Å². The molecule has 0 fully saturated rings. The Balaban J connectivity index is 0.000000160. The summed E-state index contributed by atoms with van der Waals surface area (Å²) in [7, 11) is 0. The Hall–Kier alpha value is -9.12. The molecule has 0 unspecified atom stereocenters. The predicted octanol–water partition coefficient (Wildman–Crippen LogP) is 19.7. The lowest BCUT2D eigenvalue weighted by molar-refractivity contribution is 0.363. The van der Waals surface area contributed by atoms with Crippen molar-refractivity contribution in [2.24, 2.45) is 0 Å². The zero-order valence-corrected chi connectivity index (χ0v) is 49.3. The van der Waals surface area contributed by atoms with Crippen molar-refractivity contribution in [2.75, 3.05) is 13.2 Å². The lowest BCUT2D eigenvalue weighted by Gasteiger charge is -2.34. The second-order valence-corrected chi connectivity index (χ2v) is 20.5. The first-order valence-electron chi connectivity index (χ1n) is 29.5. The van der Waals surface area contributed by atoms with Gasteiger partial charge in [0.1, 0.15) is 36.2 Å². The van der Waals surface area contributed by atoms with Crippen LogP contribution in [0.25, 0.3) is 22.3 Å². The van der Waals surface area contributed by atoms with Crippen molar-refractivity contribution < 1.29 is 19.7 Å². The number of hydrogen-bond donors (Lipinski definition) is 2. The number of fused-ring (bicyclic) bond motifs is 6. The fourth-order valence-corrected chi connectivity index (χ4v) is 11.6. The molecule has 0 aliphatic heterocycles. The highest BCUT2D eigenvalue weighted by atomic mass is 16.5. The molecule has 0 amide bonds. The minimum atomic E-state index is -0.491. The van der Waals surface area contributed by atoms with E-state index in [-0.39, 0.29) is 11.5 Å². The average Bonchev–Trinajstić information content (AvgIpc) is 2.29. The van der Waals surface area contributed by atoms with Crippen LogP contribution in [-0.2, 0) is 36.5 Å². The van der Waals surface area contributed by atoms with Crippen molar-refractivity contribution in [1.29, 1.82) is 0 Å². The van der Waals surface area contributed by atoms with Gasteiger partial charge < -0.3 is 19.7 Å². The van der Waals surface area contributed by atoms with E-state index in [1.165, 1.54) is 90.7 Å². The molecular formula is C79H80O4. The van der Waals surface area contributed by atoms with Crippen LogP contribution in [0.1, 0.15) is 115 Å². The summed E-state index contributed by atoms with van der Waals surface area (Å²) >= 11 is 0. The maximum absolute atomic E-state index is 9.85. The van der Waals surface area contributed by atoms with Gasteiger partial charge in [0, 0.05) is 0 Å². The summed E-state index contributed by atoms with van der Waals surface area (Å²) in [5.41, 5.74) is 19.4. The first-order chi connectivity index (χ1) is 40.7. The molecule has 0 aromatic heterocycles. The summed E-state index contributed by atoms with van der Waals surface area (Å²) in [6, 6.07) is 83.9. The van der Waals surface area contributed by atoms with E-state index in [1.54, 1.807) is 36.4 Å². The quantitative estimate of drug-likeness (QED) is 0.100. The van der Waals surface area contributed by atoms with Gasteiger partial charge >= 0.3 is 0 Å². The van der Waals surface area contributed by atoms with Gasteiger partial charge in [0.05, 0.1) is 10.8 Å². The Morgan fingerprint density at radius 1 is 0.337 bits per heavy atom. The van der Waals surface area contributed by atoms with E-state index in [0.717, 1.165) is 41.9 Å². The topological polar surface area (TPSA) is 58.9 Å². The molecule has 0 heterocycles. The van der Waals surface area contributed by atoms with Crippen molar-refractivity contribution in [3.8, 4) is 45.3 Å². The van der Waals surface area contributed by atoms with Crippen LogP contribution in [0.5, 0.6) is 23.0 Å². The number of aromatic hydroxyl groups is 2. The average molecular weight is 1090 g/mol. The number of benzene rings is 10. The molecule has 2 N–H and O–H groups in total. The van der Waals surface area contributed by atoms with Gasteiger partial charge in [-0.2, -0.15) is 0 Å². The number of phenolic OH excluding ortho intramolecular Hbond substituents is 2. The van der Waals surface area contributed by atoms with Crippen molar-refractivity contribution in [1.82, 2.24) is 0 Å². The van der Waals surface area contributed by atoms with E-state index in [2.05, 4.69) is 211 Å². The Kier molecular flexibility index (Phi) is 21.0. The third-order valence-electron chi connectivity index (χ3n) is 15.6. The van der Waals surface area contributed by atoms with Crippen molar-refractivity contribution in [3.05, 3.63) is 335 Å². The molecule has 0 spiro atoms. The smallest absolute Gasteiger partial charge is 0.119 e. The summed E-state index contributed by atoms with van der Waals surface area (Å²) in [6.07, 6.45) is 9.40. The second-order valence-electron chi connectivity index (χ2n) is 20.5. The third kappa shape index (κ3) is 13.0. The molecule has 0 saturated heterocycles. The fraction of sp³-hybridized carbons (Fsp3) is 0.190. The van der Waals surface area contributed by atoms with E-state index in [0.29, 0.717) is 13.2 Å². The van der Waals surface area contributed by atoms with Crippen molar-refractivity contribution >= 4 is 0 Å². The first-order valence-corrected chi connectivity index (χ1v) is 29.5. The van der Waals surface area contributed by atoms with Gasteiger partial charge in [-0.05, 0) is 163 Å². The molecule has 12 rings (SSSR count). The van der Waals surface area contributed by atoms with Crippen LogP contribution in [-0.4, -0.2) is 23.4 Å². The van der Waals surface area contributed by atoms with E-state index in [9.17, 15) is 10.2 Å². The lowest BCUT2D eigenvalue weighted by Crippen LogP contribution is -2.28. The van der Waals surface area contributed by atoms with Gasteiger partial charge in [0.25, 0.3) is 0 Å². The maximum atomic E-state index is 9.85. The Morgan fingerprint density at radius 2 is 0.590 bits per heavy atom. The molecule has 4 nitrogen and oxygen atoms in total. The van der Waals surface area contributed by atoms with Crippen LogP contribution in [0.15, 0.2) is 268 Å². The van der Waals surface area contributed by atoms with Crippen LogP contribution in [0.2, 0.25) is 0 Å². The molecule has 4 heteroatoms. The largest absolute Gasteiger partial charge is 0.508 e. The van der Waals surface area contributed by atoms with E-state index < -0.39 is 10.8 Å². The molecule has 10 aromatic rings. The van der Waals surface area contributed by atoms with Crippen LogP contribution < -0.4 is 9.47 Å². The Morgan fingerprint density at radius 3 is 0.843 bits per heavy atom. The standard InChI is InChI=1S/C31H26O2.C25H18O2.C11H16.C10H14.C2H6/c1-3-21-32-25-17-13-23(14-18-25)31(24-15-19-26(20-16-24)33-22-4-2)29-11-7-5-9-27(29)28-10-6-8-12-30(28)31;26-19-13-9-17(10-14-19)25(18-11-15-20(27)16-12-18)23-7-3-1-5-21(23)22-6-2-4-8-24(22)25;1-3-5-11-8-6-10(4-2)7-9-11;1-3-9-5-7-10(4-2)8-6-9;1-2/h3-20H,1-2,21-22H2;1-16,26-27H;6-9H,3-5H2,1-2H3;5-8H,3-4H2,1-2H3;1-2H3. The summed E-state index contributed by atoms with van der Waals surface area (Å²) in [6.45, 7) is 21.2. The minimum absolute atomic E-state index is 0.249. The summed E-state index contributed by atoms with van der Waals surface area (Å²) in [5.74, 6) is 2.17. The molecule has 0 radical (unpaired) electrons. The Labute approximate surface area is 494 Å². The molecule has 0 saturated carbocycles. The number of phenols is 2. The van der Waals surface area contributed by atoms with Crippen LogP contribution in [0, 0.1) is 0 Å². The lowest BCUT2D eigenvalue weighted by atomic mass is 9.68. The number of rotatable bonds is 15. The normalized spacial score (nSPS) is 12.2. The molecule has 0 bridgehead atoms.